The minimum Gasteiger partial charge on any atom is -0.462 e. The SMILES string of the molecule is CCCCCCCCCCCCCCCCCCCCC(=O)O[C@H](COC(=O)CCCCCCCCCC(C)C)COP(=O)(O)OC[C@H](O)COP(=O)(O)OC[C@@H](COC(=O)CCCCCCCCCCCCCCCCCC(C)C)OC(=O)CCCCCCCCCCCCCCCCCCCCC(C)C. The summed E-state index contributed by atoms with van der Waals surface area (Å²) in [5, 5.41) is 10.7. The van der Waals surface area contributed by atoms with Crippen molar-refractivity contribution in [1.29, 1.82) is 0 Å². The molecule has 0 fully saturated rings. The molecule has 0 aromatic carbocycles. The van der Waals surface area contributed by atoms with Crippen LogP contribution in [0.25, 0.3) is 0 Å². The fraction of sp³-hybridized carbons (Fsp3) is 0.955. The topological polar surface area (TPSA) is 237 Å². The molecule has 3 N–H and O–H groups in total. The van der Waals surface area contributed by atoms with Gasteiger partial charge in [0.2, 0.25) is 0 Å². The maximum atomic E-state index is 13.2. The van der Waals surface area contributed by atoms with Gasteiger partial charge in [-0.1, -0.05) is 414 Å². The monoisotopic (exact) mass is 1560 g/mol. The van der Waals surface area contributed by atoms with Gasteiger partial charge in [-0.3, -0.25) is 37.3 Å². The lowest BCUT2D eigenvalue weighted by Crippen LogP contribution is -2.30. The fourth-order valence-corrected chi connectivity index (χ4v) is 15.3. The predicted molar refractivity (Wildman–Crippen MR) is 441 cm³/mol. The van der Waals surface area contributed by atoms with Gasteiger partial charge in [0.15, 0.2) is 12.2 Å². The van der Waals surface area contributed by atoms with Crippen LogP contribution < -0.4 is 0 Å². The molecule has 0 rings (SSSR count). The van der Waals surface area contributed by atoms with Crippen LogP contribution in [0.2, 0.25) is 0 Å². The molecule has 17 nitrogen and oxygen atoms in total. The van der Waals surface area contributed by atoms with Gasteiger partial charge in [0, 0.05) is 25.7 Å². The number of hydrogen-bond donors (Lipinski definition) is 3. The van der Waals surface area contributed by atoms with Crippen LogP contribution in [0.15, 0.2) is 0 Å². The van der Waals surface area contributed by atoms with Crippen LogP contribution in [-0.4, -0.2) is 96.7 Å². The van der Waals surface area contributed by atoms with Crippen molar-refractivity contribution >= 4 is 39.5 Å². The van der Waals surface area contributed by atoms with E-state index in [4.69, 9.17) is 37.0 Å². The molecule has 19 heteroatoms. The molecule has 0 bridgehead atoms. The fourth-order valence-electron chi connectivity index (χ4n) is 13.7. The van der Waals surface area contributed by atoms with Crippen LogP contribution in [0.1, 0.15) is 466 Å². The Kier molecular flexibility index (Phi) is 76.6. The van der Waals surface area contributed by atoms with Crippen molar-refractivity contribution in [1.82, 2.24) is 0 Å². The predicted octanol–water partition coefficient (Wildman–Crippen LogP) is 26.9. The first-order chi connectivity index (χ1) is 51.7. The van der Waals surface area contributed by atoms with E-state index in [0.717, 1.165) is 108 Å². The first kappa shape index (κ1) is 105. The number of ether oxygens (including phenoxy) is 4. The Morgan fingerprint density at radius 1 is 0.252 bits per heavy atom. The molecule has 0 radical (unpaired) electrons. The van der Waals surface area contributed by atoms with Crippen molar-refractivity contribution in [2.75, 3.05) is 39.6 Å². The van der Waals surface area contributed by atoms with E-state index in [1.165, 1.54) is 270 Å². The van der Waals surface area contributed by atoms with E-state index >= 15 is 0 Å². The lowest BCUT2D eigenvalue weighted by Gasteiger charge is -2.21. The lowest BCUT2D eigenvalue weighted by atomic mass is 10.0. The smallest absolute Gasteiger partial charge is 0.462 e. The van der Waals surface area contributed by atoms with E-state index in [9.17, 15) is 43.2 Å². The van der Waals surface area contributed by atoms with E-state index in [2.05, 4.69) is 48.5 Å². The largest absolute Gasteiger partial charge is 0.472 e. The van der Waals surface area contributed by atoms with E-state index < -0.39 is 97.5 Å². The molecule has 2 unspecified atom stereocenters. The van der Waals surface area contributed by atoms with Crippen LogP contribution in [-0.2, 0) is 65.4 Å². The Labute approximate surface area is 658 Å². The number of aliphatic hydroxyl groups excluding tert-OH is 1. The van der Waals surface area contributed by atoms with Gasteiger partial charge in [0.05, 0.1) is 26.4 Å². The minimum absolute atomic E-state index is 0.108. The summed E-state index contributed by atoms with van der Waals surface area (Å²) < 4.78 is 68.9. The van der Waals surface area contributed by atoms with Gasteiger partial charge in [0.25, 0.3) is 0 Å². The van der Waals surface area contributed by atoms with Gasteiger partial charge in [-0.05, 0) is 43.4 Å². The molecule has 0 aliphatic carbocycles. The van der Waals surface area contributed by atoms with Gasteiger partial charge in [-0.2, -0.15) is 0 Å². The normalized spacial score (nSPS) is 13.8. The molecule has 0 heterocycles. The zero-order chi connectivity index (χ0) is 78.6. The number of rotatable bonds is 86. The molecule has 0 aliphatic rings. The highest BCUT2D eigenvalue weighted by molar-refractivity contribution is 7.47. The van der Waals surface area contributed by atoms with Crippen LogP contribution in [0.5, 0.6) is 0 Å². The highest BCUT2D eigenvalue weighted by Gasteiger charge is 2.31. The number of carbonyl (C=O) groups excluding carboxylic acids is 4. The number of unbranched alkanes of at least 4 members (excludes halogenated alkanes) is 54. The number of esters is 4. The van der Waals surface area contributed by atoms with Gasteiger partial charge in [0.1, 0.15) is 19.3 Å². The van der Waals surface area contributed by atoms with Gasteiger partial charge >= 0.3 is 39.5 Å². The summed E-state index contributed by atoms with van der Waals surface area (Å²) in [6, 6.07) is 0. The molecule has 5 atom stereocenters. The minimum atomic E-state index is -4.97. The number of hydrogen-bond acceptors (Lipinski definition) is 15. The quantitative estimate of drug-likeness (QED) is 0.0222. The standard InChI is InChI=1S/C88H172O17P2/c1-8-9-10-11-12-13-14-15-16-17-21-26-32-37-42-49-57-65-72-88(93)105-84(76-99-86(91)70-63-56-51-44-47-54-61-68-81(6)7)78-103-107(96,97)101-74-82(89)73-100-106(94,95)102-77-83(75-98-85(90)69-62-55-48-41-36-31-28-23-25-30-35-40-46-53-60-67-80(4)5)104-87(92)71-64-58-50-43-38-33-27-22-19-18-20-24-29-34-39-45-52-59-66-79(2)3/h79-84,89H,8-78H2,1-7H3,(H,94,95)(H,96,97)/t82-,83-,84-/m1/s1. The zero-order valence-electron chi connectivity index (χ0n) is 70.6. The first-order valence-electron chi connectivity index (χ1n) is 45.3. The van der Waals surface area contributed by atoms with Crippen LogP contribution in [0, 0.1) is 17.8 Å². The molecule has 0 aromatic rings. The van der Waals surface area contributed by atoms with E-state index in [1.807, 2.05) is 0 Å². The van der Waals surface area contributed by atoms with Crippen LogP contribution in [0.4, 0.5) is 0 Å². The molecule has 0 saturated heterocycles. The Bertz CT molecular complexity index is 2060. The third kappa shape index (κ3) is 81.9. The third-order valence-electron chi connectivity index (χ3n) is 20.6. The zero-order valence-corrected chi connectivity index (χ0v) is 72.4. The second-order valence-electron chi connectivity index (χ2n) is 33.1. The molecule has 0 aliphatic heterocycles. The molecular formula is C88H172O17P2. The average molecular weight is 1560 g/mol. The highest BCUT2D eigenvalue weighted by atomic mass is 31.2. The second kappa shape index (κ2) is 78.0. The Balaban J connectivity index is 5.22. The number of aliphatic hydroxyl groups is 1. The summed E-state index contributed by atoms with van der Waals surface area (Å²) in [4.78, 5) is 73.3. The molecule has 0 aromatic heterocycles. The summed E-state index contributed by atoms with van der Waals surface area (Å²) in [7, 11) is -9.93. The van der Waals surface area contributed by atoms with Crippen LogP contribution >= 0.6 is 15.6 Å². The summed E-state index contributed by atoms with van der Waals surface area (Å²) in [5.74, 6) is 0.229. The Morgan fingerprint density at radius 2 is 0.430 bits per heavy atom. The first-order valence-corrected chi connectivity index (χ1v) is 48.3. The van der Waals surface area contributed by atoms with Crippen LogP contribution in [0.3, 0.4) is 0 Å². The molecule has 107 heavy (non-hydrogen) atoms. The Hall–Kier alpha value is -1.94. The molecular weight excluding hydrogens is 1390 g/mol. The summed E-state index contributed by atoms with van der Waals surface area (Å²) in [6.07, 6.45) is 69.6. The molecule has 0 amide bonds. The summed E-state index contributed by atoms with van der Waals surface area (Å²) in [6.45, 7) is 12.0. The van der Waals surface area contributed by atoms with Crippen molar-refractivity contribution in [2.24, 2.45) is 17.8 Å². The average Bonchev–Trinajstić information content (AvgIpc) is 0.901. The third-order valence-corrected chi connectivity index (χ3v) is 22.5. The molecule has 636 valence electrons. The second-order valence-corrected chi connectivity index (χ2v) is 36.0. The van der Waals surface area contributed by atoms with Crippen molar-refractivity contribution in [3.05, 3.63) is 0 Å². The molecule has 0 saturated carbocycles. The van der Waals surface area contributed by atoms with Crippen molar-refractivity contribution < 1.29 is 80.2 Å². The summed E-state index contributed by atoms with van der Waals surface area (Å²) in [5.41, 5.74) is 0. The van der Waals surface area contributed by atoms with Gasteiger partial charge < -0.3 is 33.8 Å². The summed E-state index contributed by atoms with van der Waals surface area (Å²) >= 11 is 0. The number of carbonyl (C=O) groups is 4. The highest BCUT2D eigenvalue weighted by Crippen LogP contribution is 2.45. The maximum Gasteiger partial charge on any atom is 0.472 e. The Morgan fingerprint density at radius 3 is 0.636 bits per heavy atom. The van der Waals surface area contributed by atoms with Crippen molar-refractivity contribution in [3.63, 3.8) is 0 Å². The number of phosphoric acid groups is 2. The van der Waals surface area contributed by atoms with E-state index in [1.54, 1.807) is 0 Å². The van der Waals surface area contributed by atoms with E-state index in [0.29, 0.717) is 31.6 Å². The van der Waals surface area contributed by atoms with Crippen molar-refractivity contribution in [2.45, 2.75) is 484 Å². The number of phosphoric ester groups is 2. The van der Waals surface area contributed by atoms with E-state index in [-0.39, 0.29) is 25.7 Å². The van der Waals surface area contributed by atoms with Crippen molar-refractivity contribution in [3.8, 4) is 0 Å². The van der Waals surface area contributed by atoms with Gasteiger partial charge in [-0.25, -0.2) is 9.13 Å². The maximum absolute atomic E-state index is 13.2. The lowest BCUT2D eigenvalue weighted by molar-refractivity contribution is -0.161. The van der Waals surface area contributed by atoms with Gasteiger partial charge in [-0.15, -0.1) is 0 Å². The molecule has 0 spiro atoms.